The number of nitrogens with one attached hydrogen (secondary N) is 1. The van der Waals surface area contributed by atoms with E-state index in [-0.39, 0.29) is 12.5 Å². The standard InChI is InChI=1S/C12H13NO3/c1-2-6-12(15)16-9-11(14)13-10-7-4-3-5-8-10/h2-8H,9H2,1H3,(H,13,14)/b6-2+. The van der Waals surface area contributed by atoms with Crippen molar-refractivity contribution in [1.29, 1.82) is 0 Å². The number of allylic oxidation sites excluding steroid dienone is 1. The predicted octanol–water partition coefficient (Wildman–Crippen LogP) is 1.74. The molecule has 16 heavy (non-hydrogen) atoms. The third kappa shape index (κ3) is 4.41. The highest BCUT2D eigenvalue weighted by Gasteiger charge is 2.04. The van der Waals surface area contributed by atoms with Gasteiger partial charge in [0.05, 0.1) is 0 Å². The molecule has 0 aliphatic rings. The molecule has 1 aromatic carbocycles. The van der Waals surface area contributed by atoms with Crippen LogP contribution in [0.3, 0.4) is 0 Å². The van der Waals surface area contributed by atoms with E-state index in [1.165, 1.54) is 6.08 Å². The van der Waals surface area contributed by atoms with Crippen LogP contribution in [0.1, 0.15) is 6.92 Å². The molecule has 0 fully saturated rings. The number of anilines is 1. The summed E-state index contributed by atoms with van der Waals surface area (Å²) >= 11 is 0. The van der Waals surface area contributed by atoms with Crippen molar-refractivity contribution >= 4 is 17.6 Å². The van der Waals surface area contributed by atoms with Crippen LogP contribution in [-0.2, 0) is 14.3 Å². The van der Waals surface area contributed by atoms with Crippen LogP contribution < -0.4 is 5.32 Å². The van der Waals surface area contributed by atoms with E-state index < -0.39 is 5.97 Å². The molecule has 0 aliphatic heterocycles. The first kappa shape index (κ1) is 12.0. The van der Waals surface area contributed by atoms with Crippen LogP contribution in [0.4, 0.5) is 5.69 Å². The number of rotatable bonds is 4. The predicted molar refractivity (Wildman–Crippen MR) is 60.8 cm³/mol. The molecule has 0 saturated carbocycles. The van der Waals surface area contributed by atoms with Gasteiger partial charge in [0, 0.05) is 11.8 Å². The topological polar surface area (TPSA) is 55.4 Å². The van der Waals surface area contributed by atoms with Gasteiger partial charge >= 0.3 is 5.97 Å². The Bertz CT molecular complexity index is 385. The highest BCUT2D eigenvalue weighted by Crippen LogP contribution is 2.04. The van der Waals surface area contributed by atoms with Crippen molar-refractivity contribution in [1.82, 2.24) is 0 Å². The van der Waals surface area contributed by atoms with Gasteiger partial charge < -0.3 is 10.1 Å². The van der Waals surface area contributed by atoms with E-state index >= 15 is 0 Å². The van der Waals surface area contributed by atoms with Crippen LogP contribution in [0, 0.1) is 0 Å². The zero-order valence-corrected chi connectivity index (χ0v) is 8.97. The lowest BCUT2D eigenvalue weighted by Crippen LogP contribution is -2.20. The number of hydrogen-bond donors (Lipinski definition) is 1. The molecule has 1 amide bonds. The number of para-hydroxylation sites is 1. The number of amides is 1. The lowest BCUT2D eigenvalue weighted by Gasteiger charge is -2.04. The Morgan fingerprint density at radius 3 is 2.62 bits per heavy atom. The van der Waals surface area contributed by atoms with Crippen LogP contribution in [0.5, 0.6) is 0 Å². The Morgan fingerprint density at radius 1 is 1.31 bits per heavy atom. The maximum atomic E-state index is 11.3. The summed E-state index contributed by atoms with van der Waals surface area (Å²) in [7, 11) is 0. The molecule has 0 saturated heterocycles. The van der Waals surface area contributed by atoms with E-state index in [2.05, 4.69) is 10.1 Å². The van der Waals surface area contributed by atoms with Crippen molar-refractivity contribution in [2.24, 2.45) is 0 Å². The fraction of sp³-hybridized carbons (Fsp3) is 0.167. The molecule has 0 spiro atoms. The van der Waals surface area contributed by atoms with E-state index in [1.54, 1.807) is 37.3 Å². The molecule has 0 atom stereocenters. The molecular weight excluding hydrogens is 206 g/mol. The van der Waals surface area contributed by atoms with Gasteiger partial charge in [0.25, 0.3) is 5.91 Å². The van der Waals surface area contributed by atoms with E-state index in [9.17, 15) is 9.59 Å². The van der Waals surface area contributed by atoms with E-state index in [0.29, 0.717) is 5.69 Å². The van der Waals surface area contributed by atoms with Crippen molar-refractivity contribution in [3.63, 3.8) is 0 Å². The average Bonchev–Trinajstić information content (AvgIpc) is 2.28. The average molecular weight is 219 g/mol. The first-order valence-corrected chi connectivity index (χ1v) is 4.86. The molecule has 0 unspecified atom stereocenters. The molecule has 0 aliphatic carbocycles. The van der Waals surface area contributed by atoms with Crippen LogP contribution in [0.25, 0.3) is 0 Å². The van der Waals surface area contributed by atoms with Gasteiger partial charge in [0.1, 0.15) is 0 Å². The molecule has 1 aromatic rings. The normalized spacial score (nSPS) is 10.1. The Balaban J connectivity index is 2.34. The van der Waals surface area contributed by atoms with Gasteiger partial charge in [-0.15, -0.1) is 0 Å². The number of esters is 1. The smallest absolute Gasteiger partial charge is 0.330 e. The molecule has 4 heteroatoms. The second-order valence-corrected chi connectivity index (χ2v) is 3.02. The fourth-order valence-electron chi connectivity index (χ4n) is 1.04. The Kier molecular flexibility index (Phi) is 4.79. The highest BCUT2D eigenvalue weighted by atomic mass is 16.5. The summed E-state index contributed by atoms with van der Waals surface area (Å²) in [4.78, 5) is 22.2. The largest absolute Gasteiger partial charge is 0.452 e. The Morgan fingerprint density at radius 2 is 2.00 bits per heavy atom. The monoisotopic (exact) mass is 219 g/mol. The molecule has 0 heterocycles. The molecule has 4 nitrogen and oxygen atoms in total. The van der Waals surface area contributed by atoms with Crippen molar-refractivity contribution in [3.05, 3.63) is 42.5 Å². The SMILES string of the molecule is C/C=C/C(=O)OCC(=O)Nc1ccccc1. The second kappa shape index (κ2) is 6.40. The van der Waals surface area contributed by atoms with Crippen molar-refractivity contribution in [2.75, 3.05) is 11.9 Å². The summed E-state index contributed by atoms with van der Waals surface area (Å²) in [5, 5.41) is 2.60. The zero-order chi connectivity index (χ0) is 11.8. The van der Waals surface area contributed by atoms with Crippen LogP contribution in [0.15, 0.2) is 42.5 Å². The first-order chi connectivity index (χ1) is 7.72. The van der Waals surface area contributed by atoms with Crippen LogP contribution in [0.2, 0.25) is 0 Å². The fourth-order valence-corrected chi connectivity index (χ4v) is 1.04. The third-order valence-corrected chi connectivity index (χ3v) is 1.71. The summed E-state index contributed by atoms with van der Waals surface area (Å²) in [6.07, 6.45) is 2.81. The lowest BCUT2D eigenvalue weighted by atomic mass is 10.3. The summed E-state index contributed by atoms with van der Waals surface area (Å²) in [5.74, 6) is -0.880. The molecule has 0 aromatic heterocycles. The lowest BCUT2D eigenvalue weighted by molar-refractivity contribution is -0.142. The van der Waals surface area contributed by atoms with Crippen LogP contribution in [-0.4, -0.2) is 18.5 Å². The minimum atomic E-state index is -0.522. The number of carbonyl (C=O) groups is 2. The Hall–Kier alpha value is -2.10. The molecule has 1 N–H and O–H groups in total. The molecule has 84 valence electrons. The van der Waals surface area contributed by atoms with Crippen molar-refractivity contribution < 1.29 is 14.3 Å². The number of ether oxygens (including phenoxy) is 1. The van der Waals surface area contributed by atoms with Crippen LogP contribution >= 0.6 is 0 Å². The summed E-state index contributed by atoms with van der Waals surface area (Å²) in [6, 6.07) is 8.97. The van der Waals surface area contributed by atoms with Gasteiger partial charge in [-0.1, -0.05) is 24.3 Å². The van der Waals surface area contributed by atoms with Gasteiger partial charge in [-0.2, -0.15) is 0 Å². The quantitative estimate of drug-likeness (QED) is 0.620. The minimum Gasteiger partial charge on any atom is -0.452 e. The number of hydrogen-bond acceptors (Lipinski definition) is 3. The number of benzene rings is 1. The highest BCUT2D eigenvalue weighted by molar-refractivity contribution is 5.93. The number of carbonyl (C=O) groups excluding carboxylic acids is 2. The Labute approximate surface area is 93.9 Å². The van der Waals surface area contributed by atoms with Crippen molar-refractivity contribution in [3.8, 4) is 0 Å². The van der Waals surface area contributed by atoms with Crippen molar-refractivity contribution in [2.45, 2.75) is 6.92 Å². The third-order valence-electron chi connectivity index (χ3n) is 1.71. The zero-order valence-electron chi connectivity index (χ0n) is 8.97. The van der Waals surface area contributed by atoms with Gasteiger partial charge in [0.2, 0.25) is 0 Å². The molecule has 0 bridgehead atoms. The summed E-state index contributed by atoms with van der Waals surface area (Å²) in [5.41, 5.74) is 0.676. The van der Waals surface area contributed by atoms with E-state index in [4.69, 9.17) is 0 Å². The van der Waals surface area contributed by atoms with E-state index in [1.807, 2.05) is 6.07 Å². The summed E-state index contributed by atoms with van der Waals surface area (Å²) < 4.78 is 4.68. The molecular formula is C12H13NO3. The van der Waals surface area contributed by atoms with E-state index in [0.717, 1.165) is 0 Å². The molecule has 1 rings (SSSR count). The summed E-state index contributed by atoms with van der Waals surface area (Å²) in [6.45, 7) is 1.42. The second-order valence-electron chi connectivity index (χ2n) is 3.02. The van der Waals surface area contributed by atoms with Gasteiger partial charge in [-0.05, 0) is 19.1 Å². The van der Waals surface area contributed by atoms with Gasteiger partial charge in [-0.3, -0.25) is 4.79 Å². The first-order valence-electron chi connectivity index (χ1n) is 4.86. The molecule has 0 radical (unpaired) electrons. The maximum absolute atomic E-state index is 11.3. The maximum Gasteiger partial charge on any atom is 0.330 e. The van der Waals surface area contributed by atoms with Gasteiger partial charge in [-0.25, -0.2) is 4.79 Å². The van der Waals surface area contributed by atoms with Gasteiger partial charge in [0.15, 0.2) is 6.61 Å². The minimum absolute atomic E-state index is 0.280.